The van der Waals surface area contributed by atoms with Crippen molar-refractivity contribution in [1.29, 1.82) is 0 Å². The van der Waals surface area contributed by atoms with Crippen molar-refractivity contribution in [2.45, 2.75) is 31.1 Å². The molecule has 0 bridgehead atoms. The van der Waals surface area contributed by atoms with Gasteiger partial charge in [0, 0.05) is 38.7 Å². The van der Waals surface area contributed by atoms with E-state index in [0.29, 0.717) is 31.0 Å². The number of nitrogens with zero attached hydrogens (tertiary/aromatic N) is 2. The Morgan fingerprint density at radius 3 is 2.25 bits per heavy atom. The molecule has 1 unspecified atom stereocenters. The number of amides is 1. The lowest BCUT2D eigenvalue weighted by atomic mass is 9.97. The van der Waals surface area contributed by atoms with E-state index in [1.807, 2.05) is 18.2 Å². The van der Waals surface area contributed by atoms with Crippen molar-refractivity contribution in [3.8, 4) is 11.5 Å². The highest BCUT2D eigenvalue weighted by atomic mass is 32.2. The van der Waals surface area contributed by atoms with Crippen LogP contribution in [-0.2, 0) is 21.2 Å². The van der Waals surface area contributed by atoms with E-state index in [9.17, 15) is 13.2 Å². The zero-order valence-corrected chi connectivity index (χ0v) is 19.8. The van der Waals surface area contributed by atoms with Crippen molar-refractivity contribution in [2.75, 3.05) is 40.4 Å². The van der Waals surface area contributed by atoms with Crippen LogP contribution in [0.5, 0.6) is 11.5 Å². The molecule has 1 atom stereocenters. The molecule has 1 amide bonds. The second-order valence-corrected chi connectivity index (χ2v) is 10.1. The molecular formula is C24H32N2O5S. The minimum atomic E-state index is -3.67. The van der Waals surface area contributed by atoms with E-state index in [-0.39, 0.29) is 29.8 Å². The van der Waals surface area contributed by atoms with Crippen LogP contribution in [0.15, 0.2) is 53.4 Å². The summed E-state index contributed by atoms with van der Waals surface area (Å²) < 4.78 is 38.0. The summed E-state index contributed by atoms with van der Waals surface area (Å²) in [5, 5.41) is 0. The molecule has 0 aromatic heterocycles. The standard InChI is InChI=1S/C24H32N2O5S/c1-19(9-10-20-7-5-4-6-8-20)17-24(27)25-13-15-26(16-14-25)32(28,29)21-11-12-22(30-2)23(18-21)31-3/h4-8,11-12,18-19H,9-10,13-17H2,1-3H3. The third kappa shape index (κ3) is 5.81. The first-order chi connectivity index (χ1) is 15.3. The number of carbonyl (C=O) groups is 1. The molecule has 7 nitrogen and oxygen atoms in total. The Balaban J connectivity index is 1.53. The lowest BCUT2D eigenvalue weighted by Gasteiger charge is -2.34. The fourth-order valence-electron chi connectivity index (χ4n) is 3.89. The van der Waals surface area contributed by atoms with Crippen molar-refractivity contribution in [3.63, 3.8) is 0 Å². The predicted octanol–water partition coefficient (Wildman–Crippen LogP) is 3.20. The van der Waals surface area contributed by atoms with E-state index in [1.165, 1.54) is 36.2 Å². The largest absolute Gasteiger partial charge is 0.493 e. The van der Waals surface area contributed by atoms with Gasteiger partial charge in [-0.2, -0.15) is 4.31 Å². The van der Waals surface area contributed by atoms with E-state index in [2.05, 4.69) is 19.1 Å². The zero-order valence-electron chi connectivity index (χ0n) is 19.0. The average molecular weight is 461 g/mol. The molecule has 3 rings (SSSR count). The maximum absolute atomic E-state index is 13.1. The first kappa shape index (κ1) is 24.1. The van der Waals surface area contributed by atoms with Crippen molar-refractivity contribution in [1.82, 2.24) is 9.21 Å². The molecule has 0 saturated carbocycles. The van der Waals surface area contributed by atoms with Gasteiger partial charge in [-0.05, 0) is 36.5 Å². The average Bonchev–Trinajstić information content (AvgIpc) is 2.83. The predicted molar refractivity (Wildman–Crippen MR) is 123 cm³/mol. The van der Waals surface area contributed by atoms with E-state index in [0.717, 1.165) is 12.8 Å². The molecule has 0 N–H and O–H groups in total. The Kier molecular flexibility index (Phi) is 8.15. The van der Waals surface area contributed by atoms with Crippen LogP contribution < -0.4 is 9.47 Å². The molecule has 32 heavy (non-hydrogen) atoms. The zero-order chi connectivity index (χ0) is 23.1. The van der Waals surface area contributed by atoms with Gasteiger partial charge in [-0.25, -0.2) is 8.42 Å². The number of carbonyl (C=O) groups excluding carboxylic acids is 1. The van der Waals surface area contributed by atoms with Crippen LogP contribution in [0, 0.1) is 5.92 Å². The quantitative estimate of drug-likeness (QED) is 0.574. The van der Waals surface area contributed by atoms with Gasteiger partial charge in [-0.1, -0.05) is 37.3 Å². The highest BCUT2D eigenvalue weighted by molar-refractivity contribution is 7.89. The van der Waals surface area contributed by atoms with Gasteiger partial charge in [0.2, 0.25) is 15.9 Å². The number of piperazine rings is 1. The molecule has 1 heterocycles. The second kappa shape index (κ2) is 10.8. The number of ether oxygens (including phenoxy) is 2. The molecule has 1 saturated heterocycles. The van der Waals surface area contributed by atoms with Crippen molar-refractivity contribution in [3.05, 3.63) is 54.1 Å². The van der Waals surface area contributed by atoms with Crippen LogP contribution in [-0.4, -0.2) is 63.9 Å². The van der Waals surface area contributed by atoms with Gasteiger partial charge < -0.3 is 14.4 Å². The Labute approximate surface area is 191 Å². The van der Waals surface area contributed by atoms with E-state index in [1.54, 1.807) is 11.0 Å². The van der Waals surface area contributed by atoms with Crippen molar-refractivity contribution in [2.24, 2.45) is 5.92 Å². The molecule has 8 heteroatoms. The Bertz CT molecular complexity index is 1000. The molecule has 2 aromatic carbocycles. The molecule has 1 aliphatic rings. The van der Waals surface area contributed by atoms with Gasteiger partial charge in [0.15, 0.2) is 11.5 Å². The summed E-state index contributed by atoms with van der Waals surface area (Å²) in [6, 6.07) is 14.8. The van der Waals surface area contributed by atoms with Crippen LogP contribution in [0.25, 0.3) is 0 Å². The molecule has 0 aliphatic carbocycles. The number of hydrogen-bond acceptors (Lipinski definition) is 5. The SMILES string of the molecule is COc1ccc(S(=O)(=O)N2CCN(C(=O)CC(C)CCc3ccccc3)CC2)cc1OC. The minimum absolute atomic E-state index is 0.0914. The number of rotatable bonds is 9. The summed E-state index contributed by atoms with van der Waals surface area (Å²) in [5.74, 6) is 1.21. The number of aryl methyl sites for hydroxylation is 1. The van der Waals surface area contributed by atoms with Crippen LogP contribution in [0.2, 0.25) is 0 Å². The number of hydrogen-bond donors (Lipinski definition) is 0. The summed E-state index contributed by atoms with van der Waals surface area (Å²) >= 11 is 0. The molecule has 1 aliphatic heterocycles. The first-order valence-electron chi connectivity index (χ1n) is 10.9. The van der Waals surface area contributed by atoms with Gasteiger partial charge >= 0.3 is 0 Å². The van der Waals surface area contributed by atoms with Crippen molar-refractivity contribution < 1.29 is 22.7 Å². The molecule has 0 spiro atoms. The van der Waals surface area contributed by atoms with E-state index >= 15 is 0 Å². The lowest BCUT2D eigenvalue weighted by Crippen LogP contribution is -2.50. The number of sulfonamides is 1. The molecule has 0 radical (unpaired) electrons. The summed E-state index contributed by atoms with van der Waals surface area (Å²) in [4.78, 5) is 14.7. The van der Waals surface area contributed by atoms with Crippen LogP contribution in [0.1, 0.15) is 25.3 Å². The van der Waals surface area contributed by atoms with Gasteiger partial charge in [0.1, 0.15) is 0 Å². The summed E-state index contributed by atoms with van der Waals surface area (Å²) in [5.41, 5.74) is 1.28. The minimum Gasteiger partial charge on any atom is -0.493 e. The molecule has 174 valence electrons. The van der Waals surface area contributed by atoms with Crippen molar-refractivity contribution >= 4 is 15.9 Å². The van der Waals surface area contributed by atoms with Crippen LogP contribution >= 0.6 is 0 Å². The number of methoxy groups -OCH3 is 2. The smallest absolute Gasteiger partial charge is 0.243 e. The Morgan fingerprint density at radius 2 is 1.62 bits per heavy atom. The normalized spacial score (nSPS) is 15.9. The fraction of sp³-hybridized carbons (Fsp3) is 0.458. The maximum atomic E-state index is 13.1. The van der Waals surface area contributed by atoms with E-state index in [4.69, 9.17) is 9.47 Å². The number of benzene rings is 2. The van der Waals surface area contributed by atoms with Gasteiger partial charge in [0.25, 0.3) is 0 Å². The molecule has 2 aromatic rings. The highest BCUT2D eigenvalue weighted by Gasteiger charge is 2.31. The van der Waals surface area contributed by atoms with Crippen LogP contribution in [0.3, 0.4) is 0 Å². The van der Waals surface area contributed by atoms with E-state index < -0.39 is 10.0 Å². The molecular weight excluding hydrogens is 428 g/mol. The lowest BCUT2D eigenvalue weighted by molar-refractivity contribution is -0.133. The summed E-state index contributed by atoms with van der Waals surface area (Å²) in [7, 11) is -0.695. The fourth-order valence-corrected chi connectivity index (χ4v) is 5.33. The van der Waals surface area contributed by atoms with Crippen LogP contribution in [0.4, 0.5) is 0 Å². The van der Waals surface area contributed by atoms with Gasteiger partial charge in [-0.3, -0.25) is 4.79 Å². The summed E-state index contributed by atoms with van der Waals surface area (Å²) in [6.07, 6.45) is 2.38. The third-order valence-electron chi connectivity index (χ3n) is 5.88. The maximum Gasteiger partial charge on any atom is 0.243 e. The second-order valence-electron chi connectivity index (χ2n) is 8.14. The monoisotopic (exact) mass is 460 g/mol. The third-order valence-corrected chi connectivity index (χ3v) is 7.77. The highest BCUT2D eigenvalue weighted by Crippen LogP contribution is 2.31. The van der Waals surface area contributed by atoms with Gasteiger partial charge in [-0.15, -0.1) is 0 Å². The Morgan fingerprint density at radius 1 is 0.969 bits per heavy atom. The first-order valence-corrected chi connectivity index (χ1v) is 12.3. The Hall–Kier alpha value is -2.58. The molecule has 1 fully saturated rings. The topological polar surface area (TPSA) is 76.2 Å². The summed E-state index contributed by atoms with van der Waals surface area (Å²) in [6.45, 7) is 3.45. The van der Waals surface area contributed by atoms with Gasteiger partial charge in [0.05, 0.1) is 19.1 Å².